The number of hydrogen-bond acceptors (Lipinski definition) is 6. The van der Waals surface area contributed by atoms with Gasteiger partial charge in [-0.1, -0.05) is 62.8 Å². The molecule has 188 valence electrons. The van der Waals surface area contributed by atoms with Gasteiger partial charge < -0.3 is 15.3 Å². The highest BCUT2D eigenvalue weighted by atomic mass is 16.3. The summed E-state index contributed by atoms with van der Waals surface area (Å²) in [5.74, 6) is -0.0372. The number of aromatic amines is 1. The molecule has 2 aromatic heterocycles. The lowest BCUT2D eigenvalue weighted by atomic mass is 9.91. The van der Waals surface area contributed by atoms with Crippen LogP contribution in [0.1, 0.15) is 62.8 Å². The van der Waals surface area contributed by atoms with Crippen LogP contribution in [-0.2, 0) is 6.54 Å². The van der Waals surface area contributed by atoms with E-state index in [9.17, 15) is 19.8 Å². The first kappa shape index (κ1) is 26.5. The van der Waals surface area contributed by atoms with E-state index in [-0.39, 0.29) is 25.4 Å². The molecule has 8 nitrogen and oxygen atoms in total. The number of nitrogens with zero attached hydrogens (tertiary/aromatic N) is 2. The molecule has 2 unspecified atom stereocenters. The predicted octanol–water partition coefficient (Wildman–Crippen LogP) is 3.10. The summed E-state index contributed by atoms with van der Waals surface area (Å²) in [6, 6.07) is 7.78. The molecule has 0 fully saturated rings. The lowest BCUT2D eigenvalue weighted by Gasteiger charge is -2.19. The van der Waals surface area contributed by atoms with Crippen molar-refractivity contribution in [3.8, 4) is 11.1 Å². The zero-order chi connectivity index (χ0) is 25.7. The van der Waals surface area contributed by atoms with Gasteiger partial charge in [-0.15, -0.1) is 0 Å². The number of rotatable bonds is 10. The number of aliphatic hydroxyl groups excluding tert-OH is 3. The fraction of sp³-hybridized carbons (Fsp3) is 0.444. The molecular formula is C27H35N3O5. The summed E-state index contributed by atoms with van der Waals surface area (Å²) in [5, 5.41) is 29.8. The Labute approximate surface area is 204 Å². The van der Waals surface area contributed by atoms with E-state index in [1.165, 1.54) is 4.57 Å². The highest BCUT2D eigenvalue weighted by Crippen LogP contribution is 2.35. The van der Waals surface area contributed by atoms with E-state index in [0.717, 1.165) is 11.1 Å². The molecule has 0 saturated carbocycles. The summed E-state index contributed by atoms with van der Waals surface area (Å²) >= 11 is 0. The number of benzene rings is 1. The summed E-state index contributed by atoms with van der Waals surface area (Å²) in [6.45, 7) is 8.17. The molecule has 2 heterocycles. The van der Waals surface area contributed by atoms with Crippen molar-refractivity contribution >= 4 is 17.1 Å². The molecular weight excluding hydrogens is 446 g/mol. The Morgan fingerprint density at radius 3 is 2.43 bits per heavy atom. The van der Waals surface area contributed by atoms with Crippen LogP contribution in [0, 0.1) is 6.92 Å². The maximum Gasteiger partial charge on any atom is 0.329 e. The van der Waals surface area contributed by atoms with Crippen LogP contribution in [0.2, 0.25) is 0 Å². The second kappa shape index (κ2) is 11.6. The standard InChI is InChI=1S/C27H35N3O5/c1-5-13-30-25-23(26(34)29-27(30)35)22(18-8-6-17(4)7-9-18)21(24(28-25)16(2)3)11-10-19(32)15-20(33)12-14-31/h6-11,16,19-20,31-33H,5,12-15H2,1-4H3,(H,29,34,35)/b11-10+. The van der Waals surface area contributed by atoms with Crippen molar-refractivity contribution in [1.82, 2.24) is 14.5 Å². The molecule has 8 heteroatoms. The zero-order valence-electron chi connectivity index (χ0n) is 20.8. The highest BCUT2D eigenvalue weighted by Gasteiger charge is 2.22. The number of aliphatic hydroxyl groups is 3. The van der Waals surface area contributed by atoms with Gasteiger partial charge in [-0.25, -0.2) is 9.78 Å². The van der Waals surface area contributed by atoms with Crippen molar-refractivity contribution in [1.29, 1.82) is 0 Å². The molecule has 1 aromatic carbocycles. The van der Waals surface area contributed by atoms with Gasteiger partial charge in [-0.2, -0.15) is 0 Å². The Kier molecular flexibility index (Phi) is 8.77. The molecule has 0 aliphatic carbocycles. The van der Waals surface area contributed by atoms with Gasteiger partial charge in [-0.05, 0) is 31.2 Å². The average molecular weight is 482 g/mol. The first-order valence-corrected chi connectivity index (χ1v) is 12.1. The Morgan fingerprint density at radius 2 is 1.83 bits per heavy atom. The van der Waals surface area contributed by atoms with Gasteiger partial charge in [0.15, 0.2) is 0 Å². The zero-order valence-corrected chi connectivity index (χ0v) is 20.8. The van der Waals surface area contributed by atoms with E-state index in [2.05, 4.69) is 4.98 Å². The quantitative estimate of drug-likeness (QED) is 0.352. The van der Waals surface area contributed by atoms with Crippen molar-refractivity contribution in [2.45, 2.75) is 71.6 Å². The fourth-order valence-electron chi connectivity index (χ4n) is 4.23. The van der Waals surface area contributed by atoms with Gasteiger partial charge in [0.1, 0.15) is 5.65 Å². The van der Waals surface area contributed by atoms with Crippen LogP contribution < -0.4 is 11.2 Å². The number of nitrogens with one attached hydrogen (secondary N) is 1. The molecule has 2 atom stereocenters. The largest absolute Gasteiger partial charge is 0.396 e. The molecule has 0 amide bonds. The Hall–Kier alpha value is -3.07. The molecule has 3 aromatic rings. The predicted molar refractivity (Wildman–Crippen MR) is 139 cm³/mol. The maximum atomic E-state index is 13.2. The Balaban J connectivity index is 2.36. The van der Waals surface area contributed by atoms with E-state index in [4.69, 9.17) is 10.1 Å². The minimum atomic E-state index is -0.953. The van der Waals surface area contributed by atoms with E-state index in [1.54, 1.807) is 12.2 Å². The first-order chi connectivity index (χ1) is 16.7. The van der Waals surface area contributed by atoms with Crippen LogP contribution in [-0.4, -0.2) is 48.7 Å². The topological polar surface area (TPSA) is 128 Å². The van der Waals surface area contributed by atoms with Crippen LogP contribution in [0.5, 0.6) is 0 Å². The summed E-state index contributed by atoms with van der Waals surface area (Å²) in [6.07, 6.45) is 2.48. The Morgan fingerprint density at radius 1 is 1.14 bits per heavy atom. The number of aromatic nitrogens is 3. The van der Waals surface area contributed by atoms with Gasteiger partial charge in [0.25, 0.3) is 5.56 Å². The fourth-order valence-corrected chi connectivity index (χ4v) is 4.23. The average Bonchev–Trinajstić information content (AvgIpc) is 2.80. The lowest BCUT2D eigenvalue weighted by Crippen LogP contribution is -2.31. The second-order valence-corrected chi connectivity index (χ2v) is 9.24. The van der Waals surface area contributed by atoms with Crippen molar-refractivity contribution in [3.05, 3.63) is 68.0 Å². The van der Waals surface area contributed by atoms with Crippen LogP contribution in [0.3, 0.4) is 0 Å². The van der Waals surface area contributed by atoms with E-state index in [1.807, 2.05) is 52.0 Å². The van der Waals surface area contributed by atoms with E-state index < -0.39 is 23.5 Å². The summed E-state index contributed by atoms with van der Waals surface area (Å²) in [4.78, 5) is 33.1. The van der Waals surface area contributed by atoms with Crippen molar-refractivity contribution in [2.75, 3.05) is 6.61 Å². The molecule has 0 radical (unpaired) electrons. The minimum Gasteiger partial charge on any atom is -0.396 e. The Bertz CT molecular complexity index is 1310. The van der Waals surface area contributed by atoms with Gasteiger partial charge in [0.05, 0.1) is 23.3 Å². The lowest BCUT2D eigenvalue weighted by molar-refractivity contribution is 0.0827. The molecule has 0 saturated heterocycles. The highest BCUT2D eigenvalue weighted by molar-refractivity contribution is 5.97. The molecule has 0 spiro atoms. The normalized spacial score (nSPS) is 13.7. The molecule has 4 N–H and O–H groups in total. The van der Waals surface area contributed by atoms with Crippen LogP contribution >= 0.6 is 0 Å². The SMILES string of the molecule is CCCn1c(=O)[nH]c(=O)c2c(-c3ccc(C)cc3)c(/C=C/C(O)CC(O)CCO)c(C(C)C)nc21. The number of aryl methyl sites for hydroxylation is 2. The summed E-state index contributed by atoms with van der Waals surface area (Å²) in [7, 11) is 0. The number of pyridine rings is 1. The molecule has 3 rings (SSSR count). The number of fused-ring (bicyclic) bond motifs is 1. The third-order valence-corrected chi connectivity index (χ3v) is 5.99. The van der Waals surface area contributed by atoms with Crippen LogP contribution in [0.25, 0.3) is 28.2 Å². The number of H-pyrrole nitrogens is 1. The first-order valence-electron chi connectivity index (χ1n) is 12.1. The minimum absolute atomic E-state index is 0.0372. The van der Waals surface area contributed by atoms with Gasteiger partial charge in [-0.3, -0.25) is 14.3 Å². The van der Waals surface area contributed by atoms with Crippen molar-refractivity contribution in [2.24, 2.45) is 0 Å². The van der Waals surface area contributed by atoms with Gasteiger partial charge in [0.2, 0.25) is 0 Å². The third-order valence-electron chi connectivity index (χ3n) is 5.99. The van der Waals surface area contributed by atoms with E-state index in [0.29, 0.717) is 40.8 Å². The molecule has 0 aliphatic heterocycles. The smallest absolute Gasteiger partial charge is 0.329 e. The van der Waals surface area contributed by atoms with E-state index >= 15 is 0 Å². The molecule has 0 aliphatic rings. The third kappa shape index (κ3) is 5.96. The summed E-state index contributed by atoms with van der Waals surface area (Å²) in [5.41, 5.74) is 3.23. The monoisotopic (exact) mass is 481 g/mol. The summed E-state index contributed by atoms with van der Waals surface area (Å²) < 4.78 is 1.51. The van der Waals surface area contributed by atoms with Crippen LogP contribution in [0.15, 0.2) is 39.9 Å². The number of hydrogen-bond donors (Lipinski definition) is 4. The van der Waals surface area contributed by atoms with Gasteiger partial charge in [0, 0.05) is 30.7 Å². The molecule has 0 bridgehead atoms. The van der Waals surface area contributed by atoms with Crippen LogP contribution in [0.4, 0.5) is 0 Å². The van der Waals surface area contributed by atoms with Crippen molar-refractivity contribution < 1.29 is 15.3 Å². The van der Waals surface area contributed by atoms with Gasteiger partial charge >= 0.3 is 5.69 Å². The van der Waals surface area contributed by atoms with Crippen molar-refractivity contribution in [3.63, 3.8) is 0 Å². The maximum absolute atomic E-state index is 13.2. The molecule has 35 heavy (non-hydrogen) atoms. The second-order valence-electron chi connectivity index (χ2n) is 9.24.